The molecule has 0 unspecified atom stereocenters. The third-order valence-electron chi connectivity index (χ3n) is 2.82. The number of hydrogen-bond acceptors (Lipinski definition) is 4. The molecular weight excluding hydrogens is 220 g/mol. The summed E-state index contributed by atoms with van der Waals surface area (Å²) in [6, 6.07) is 2.10. The molecule has 1 amide bonds. The Morgan fingerprint density at radius 2 is 1.94 bits per heavy atom. The smallest absolute Gasteiger partial charge is 0.240 e. The van der Waals surface area contributed by atoms with Crippen LogP contribution in [0.3, 0.4) is 0 Å². The van der Waals surface area contributed by atoms with Crippen molar-refractivity contribution >= 4 is 5.91 Å². The maximum atomic E-state index is 11.8. The zero-order chi connectivity index (χ0) is 13.1. The Labute approximate surface area is 103 Å². The first-order valence-electron chi connectivity index (χ1n) is 5.93. The fraction of sp³-hybridized carbons (Fsp3) is 0.833. The summed E-state index contributed by atoms with van der Waals surface area (Å²) < 4.78 is 10.0. The van der Waals surface area contributed by atoms with E-state index < -0.39 is 5.41 Å². The molecule has 98 valence electrons. The second-order valence-electron chi connectivity index (χ2n) is 3.76. The van der Waals surface area contributed by atoms with E-state index in [1.54, 1.807) is 7.11 Å². The number of rotatable bonds is 9. The lowest BCUT2D eigenvalue weighted by Gasteiger charge is -2.22. The Bertz CT molecular complexity index is 257. The van der Waals surface area contributed by atoms with E-state index in [1.807, 2.05) is 13.8 Å². The molecule has 0 aliphatic heterocycles. The molecule has 0 spiro atoms. The Hall–Kier alpha value is -1.12. The van der Waals surface area contributed by atoms with Gasteiger partial charge in [0.25, 0.3) is 0 Å². The molecule has 0 bridgehead atoms. The van der Waals surface area contributed by atoms with Gasteiger partial charge in [0, 0.05) is 13.7 Å². The Morgan fingerprint density at radius 3 is 2.41 bits per heavy atom. The first-order chi connectivity index (χ1) is 8.16. The number of carbonyl (C=O) groups is 1. The van der Waals surface area contributed by atoms with Gasteiger partial charge < -0.3 is 14.8 Å². The van der Waals surface area contributed by atoms with Gasteiger partial charge in [-0.2, -0.15) is 5.26 Å². The molecule has 0 fully saturated rings. The Balaban J connectivity index is 3.89. The van der Waals surface area contributed by atoms with Gasteiger partial charge in [0.15, 0.2) is 0 Å². The first-order valence-corrected chi connectivity index (χ1v) is 5.93. The van der Waals surface area contributed by atoms with Crippen LogP contribution in [0, 0.1) is 16.7 Å². The fourth-order valence-corrected chi connectivity index (χ4v) is 1.43. The summed E-state index contributed by atoms with van der Waals surface area (Å²) in [5, 5.41) is 11.8. The largest absolute Gasteiger partial charge is 0.382 e. The van der Waals surface area contributed by atoms with Crippen LogP contribution in [0.2, 0.25) is 0 Å². The minimum Gasteiger partial charge on any atom is -0.382 e. The van der Waals surface area contributed by atoms with E-state index in [0.29, 0.717) is 39.2 Å². The predicted octanol–water partition coefficient (Wildman–Crippen LogP) is 1.10. The topological polar surface area (TPSA) is 71.4 Å². The lowest BCUT2D eigenvalue weighted by atomic mass is 9.83. The number of hydrogen-bond donors (Lipinski definition) is 1. The number of nitriles is 1. The SMILES string of the molecule is CCC(C#N)(CC)C(=O)NCCOCCOC. The van der Waals surface area contributed by atoms with Crippen LogP contribution in [-0.2, 0) is 14.3 Å². The molecule has 0 aromatic rings. The molecule has 0 rings (SSSR count). The van der Waals surface area contributed by atoms with Gasteiger partial charge in [-0.3, -0.25) is 4.79 Å². The highest BCUT2D eigenvalue weighted by Crippen LogP contribution is 2.25. The summed E-state index contributed by atoms with van der Waals surface area (Å²) >= 11 is 0. The number of nitrogens with one attached hydrogen (secondary N) is 1. The van der Waals surface area contributed by atoms with Crippen LogP contribution in [0.15, 0.2) is 0 Å². The molecule has 1 N–H and O–H groups in total. The quantitative estimate of drug-likeness (QED) is 0.614. The molecule has 0 atom stereocenters. The molecule has 0 heterocycles. The normalized spacial score (nSPS) is 10.9. The van der Waals surface area contributed by atoms with Crippen LogP contribution in [-0.4, -0.2) is 39.4 Å². The molecule has 0 saturated carbocycles. The Morgan fingerprint density at radius 1 is 1.29 bits per heavy atom. The number of ether oxygens (including phenoxy) is 2. The molecule has 5 nitrogen and oxygen atoms in total. The van der Waals surface area contributed by atoms with Crippen molar-refractivity contribution in [3.63, 3.8) is 0 Å². The van der Waals surface area contributed by atoms with Crippen LogP contribution < -0.4 is 5.32 Å². The van der Waals surface area contributed by atoms with E-state index in [0.717, 1.165) is 0 Å². The monoisotopic (exact) mass is 242 g/mol. The average molecular weight is 242 g/mol. The minimum absolute atomic E-state index is 0.208. The first kappa shape index (κ1) is 15.9. The van der Waals surface area contributed by atoms with Crippen LogP contribution in [0.1, 0.15) is 26.7 Å². The van der Waals surface area contributed by atoms with Crippen molar-refractivity contribution in [2.75, 3.05) is 33.5 Å². The highest BCUT2D eigenvalue weighted by atomic mass is 16.5. The maximum Gasteiger partial charge on any atom is 0.240 e. The number of methoxy groups -OCH3 is 1. The maximum absolute atomic E-state index is 11.8. The second-order valence-corrected chi connectivity index (χ2v) is 3.76. The molecule has 0 radical (unpaired) electrons. The molecule has 5 heteroatoms. The van der Waals surface area contributed by atoms with E-state index in [9.17, 15) is 4.79 Å². The molecule has 0 aliphatic carbocycles. The van der Waals surface area contributed by atoms with Gasteiger partial charge in [0.1, 0.15) is 5.41 Å². The fourth-order valence-electron chi connectivity index (χ4n) is 1.43. The highest BCUT2D eigenvalue weighted by Gasteiger charge is 2.34. The molecule has 17 heavy (non-hydrogen) atoms. The zero-order valence-electron chi connectivity index (χ0n) is 10.9. The molecule has 0 aliphatic rings. The molecular formula is C12H22N2O3. The summed E-state index contributed by atoms with van der Waals surface area (Å²) in [5.41, 5.74) is -0.896. The van der Waals surface area contributed by atoms with Gasteiger partial charge in [-0.05, 0) is 12.8 Å². The van der Waals surface area contributed by atoms with Crippen LogP contribution in [0.5, 0.6) is 0 Å². The molecule has 0 aromatic carbocycles. The second kappa shape index (κ2) is 8.97. The summed E-state index contributed by atoms with van der Waals surface area (Å²) in [7, 11) is 1.61. The van der Waals surface area contributed by atoms with Crippen molar-refractivity contribution < 1.29 is 14.3 Å². The average Bonchev–Trinajstić information content (AvgIpc) is 2.36. The van der Waals surface area contributed by atoms with Crippen LogP contribution in [0.25, 0.3) is 0 Å². The van der Waals surface area contributed by atoms with Crippen molar-refractivity contribution in [3.8, 4) is 6.07 Å². The van der Waals surface area contributed by atoms with Crippen molar-refractivity contribution in [1.29, 1.82) is 5.26 Å². The van der Waals surface area contributed by atoms with Gasteiger partial charge in [-0.1, -0.05) is 13.8 Å². The van der Waals surface area contributed by atoms with Crippen molar-refractivity contribution in [3.05, 3.63) is 0 Å². The van der Waals surface area contributed by atoms with Crippen molar-refractivity contribution in [2.45, 2.75) is 26.7 Å². The zero-order valence-corrected chi connectivity index (χ0v) is 10.9. The van der Waals surface area contributed by atoms with E-state index in [1.165, 1.54) is 0 Å². The lowest BCUT2D eigenvalue weighted by Crippen LogP contribution is -2.40. The van der Waals surface area contributed by atoms with E-state index in [4.69, 9.17) is 14.7 Å². The predicted molar refractivity (Wildman–Crippen MR) is 64.3 cm³/mol. The molecule has 0 saturated heterocycles. The van der Waals surface area contributed by atoms with E-state index in [-0.39, 0.29) is 5.91 Å². The number of carbonyl (C=O) groups excluding carboxylic acids is 1. The van der Waals surface area contributed by atoms with E-state index in [2.05, 4.69) is 11.4 Å². The third kappa shape index (κ3) is 5.16. The summed E-state index contributed by atoms with van der Waals surface area (Å²) in [6.45, 7) is 5.61. The summed E-state index contributed by atoms with van der Waals surface area (Å²) in [5.74, 6) is -0.208. The number of amides is 1. The minimum atomic E-state index is -0.896. The molecule has 0 aromatic heterocycles. The van der Waals surface area contributed by atoms with Gasteiger partial charge >= 0.3 is 0 Å². The van der Waals surface area contributed by atoms with Gasteiger partial charge in [-0.15, -0.1) is 0 Å². The number of nitrogens with zero attached hydrogens (tertiary/aromatic N) is 1. The van der Waals surface area contributed by atoms with Crippen molar-refractivity contribution in [1.82, 2.24) is 5.32 Å². The Kier molecular flexibility index (Phi) is 8.38. The standard InChI is InChI=1S/C12H22N2O3/c1-4-12(5-2,10-13)11(15)14-6-7-17-9-8-16-3/h4-9H2,1-3H3,(H,14,15). The van der Waals surface area contributed by atoms with Crippen molar-refractivity contribution in [2.24, 2.45) is 5.41 Å². The van der Waals surface area contributed by atoms with Gasteiger partial charge in [0.05, 0.1) is 25.9 Å². The third-order valence-corrected chi connectivity index (χ3v) is 2.82. The van der Waals surface area contributed by atoms with Gasteiger partial charge in [0.2, 0.25) is 5.91 Å². The lowest BCUT2D eigenvalue weighted by molar-refractivity contribution is -0.128. The summed E-state index contributed by atoms with van der Waals surface area (Å²) in [6.07, 6.45) is 1.05. The van der Waals surface area contributed by atoms with E-state index >= 15 is 0 Å². The van der Waals surface area contributed by atoms with Crippen LogP contribution >= 0.6 is 0 Å². The summed E-state index contributed by atoms with van der Waals surface area (Å²) in [4.78, 5) is 11.8. The van der Waals surface area contributed by atoms with Gasteiger partial charge in [-0.25, -0.2) is 0 Å². The van der Waals surface area contributed by atoms with Crippen LogP contribution in [0.4, 0.5) is 0 Å². The highest BCUT2D eigenvalue weighted by molar-refractivity contribution is 5.85.